The van der Waals surface area contributed by atoms with Crippen LogP contribution in [0.5, 0.6) is 0 Å². The van der Waals surface area contributed by atoms with Crippen LogP contribution < -0.4 is 0 Å². The van der Waals surface area contributed by atoms with Gasteiger partial charge in [0.15, 0.2) is 0 Å². The zero-order valence-corrected chi connectivity index (χ0v) is 9.48. The Bertz CT molecular complexity index is 237. The molecule has 16 heavy (non-hydrogen) atoms. The number of unbranched alkanes of at least 4 members (excludes halogenated alkanes) is 3. The van der Waals surface area contributed by atoms with Gasteiger partial charge in [0, 0.05) is 6.08 Å². The molecule has 0 aromatic carbocycles. The van der Waals surface area contributed by atoms with Gasteiger partial charge in [0.25, 0.3) is 6.29 Å². The van der Waals surface area contributed by atoms with E-state index in [-0.39, 0.29) is 6.61 Å². The molecule has 0 saturated carbocycles. The van der Waals surface area contributed by atoms with Crippen LogP contribution in [0.3, 0.4) is 0 Å². The van der Waals surface area contributed by atoms with Crippen molar-refractivity contribution in [1.82, 2.24) is 0 Å². The average Bonchev–Trinajstić information content (AvgIpc) is 2.28. The molecule has 0 aliphatic heterocycles. The van der Waals surface area contributed by atoms with Gasteiger partial charge >= 0.3 is 11.9 Å². The summed E-state index contributed by atoms with van der Waals surface area (Å²) >= 11 is 0. The SMILES string of the molecule is C=CC(=O)OC(O)C(=O)OCCCCCC. The first-order valence-corrected chi connectivity index (χ1v) is 5.29. The fourth-order valence-corrected chi connectivity index (χ4v) is 0.979. The van der Waals surface area contributed by atoms with E-state index in [4.69, 9.17) is 9.84 Å². The van der Waals surface area contributed by atoms with E-state index in [0.29, 0.717) is 0 Å². The molecular formula is C11H18O5. The fraction of sp³-hybridized carbons (Fsp3) is 0.636. The van der Waals surface area contributed by atoms with E-state index in [9.17, 15) is 9.59 Å². The first-order valence-electron chi connectivity index (χ1n) is 5.29. The topological polar surface area (TPSA) is 72.8 Å². The fourth-order valence-electron chi connectivity index (χ4n) is 0.979. The van der Waals surface area contributed by atoms with Crippen molar-refractivity contribution >= 4 is 11.9 Å². The molecule has 0 radical (unpaired) electrons. The molecule has 0 aromatic rings. The van der Waals surface area contributed by atoms with Gasteiger partial charge in [0.2, 0.25) is 0 Å². The molecule has 0 saturated heterocycles. The van der Waals surface area contributed by atoms with Crippen LogP contribution in [-0.4, -0.2) is 29.9 Å². The van der Waals surface area contributed by atoms with Crippen LogP contribution in [-0.2, 0) is 19.1 Å². The molecule has 0 amide bonds. The molecule has 0 bridgehead atoms. The van der Waals surface area contributed by atoms with Crippen LogP contribution in [0.25, 0.3) is 0 Å². The van der Waals surface area contributed by atoms with Crippen molar-refractivity contribution < 1.29 is 24.2 Å². The maximum Gasteiger partial charge on any atom is 0.376 e. The number of aliphatic hydroxyl groups is 1. The maximum atomic E-state index is 11.0. The Morgan fingerprint density at radius 3 is 2.62 bits per heavy atom. The van der Waals surface area contributed by atoms with Crippen LogP contribution >= 0.6 is 0 Å². The van der Waals surface area contributed by atoms with Crippen LogP contribution in [0.4, 0.5) is 0 Å². The molecule has 1 unspecified atom stereocenters. The minimum absolute atomic E-state index is 0.224. The highest BCUT2D eigenvalue weighted by Gasteiger charge is 2.19. The Morgan fingerprint density at radius 1 is 1.38 bits per heavy atom. The first kappa shape index (κ1) is 14.6. The molecule has 5 nitrogen and oxygen atoms in total. The summed E-state index contributed by atoms with van der Waals surface area (Å²) in [5, 5.41) is 9.06. The van der Waals surface area contributed by atoms with Crippen molar-refractivity contribution in [2.24, 2.45) is 0 Å². The molecule has 1 atom stereocenters. The van der Waals surface area contributed by atoms with Crippen molar-refractivity contribution in [3.05, 3.63) is 12.7 Å². The van der Waals surface area contributed by atoms with Gasteiger partial charge in [-0.1, -0.05) is 32.8 Å². The second-order valence-corrected chi connectivity index (χ2v) is 3.22. The Morgan fingerprint density at radius 2 is 2.06 bits per heavy atom. The lowest BCUT2D eigenvalue weighted by Crippen LogP contribution is -2.28. The summed E-state index contributed by atoms with van der Waals surface area (Å²) in [6, 6.07) is 0. The highest BCUT2D eigenvalue weighted by Crippen LogP contribution is 2.00. The Labute approximate surface area is 95.0 Å². The highest BCUT2D eigenvalue weighted by molar-refractivity contribution is 5.84. The number of hydrogen-bond acceptors (Lipinski definition) is 5. The smallest absolute Gasteiger partial charge is 0.376 e. The summed E-state index contributed by atoms with van der Waals surface area (Å²) in [5.41, 5.74) is 0. The third-order valence-corrected chi connectivity index (χ3v) is 1.84. The number of carbonyl (C=O) groups excluding carboxylic acids is 2. The third kappa shape index (κ3) is 7.00. The predicted molar refractivity (Wildman–Crippen MR) is 57.4 cm³/mol. The second-order valence-electron chi connectivity index (χ2n) is 3.22. The quantitative estimate of drug-likeness (QED) is 0.293. The number of rotatable bonds is 8. The van der Waals surface area contributed by atoms with Gasteiger partial charge in [-0.05, 0) is 6.42 Å². The van der Waals surface area contributed by atoms with Crippen molar-refractivity contribution in [3.8, 4) is 0 Å². The van der Waals surface area contributed by atoms with Gasteiger partial charge in [0.05, 0.1) is 6.61 Å². The van der Waals surface area contributed by atoms with E-state index in [1.807, 2.05) is 0 Å². The van der Waals surface area contributed by atoms with E-state index in [1.54, 1.807) is 0 Å². The van der Waals surface area contributed by atoms with E-state index < -0.39 is 18.2 Å². The summed E-state index contributed by atoms with van der Waals surface area (Å²) in [6.45, 7) is 5.43. The average molecular weight is 230 g/mol. The van der Waals surface area contributed by atoms with Crippen molar-refractivity contribution in [3.63, 3.8) is 0 Å². The van der Waals surface area contributed by atoms with Crippen molar-refractivity contribution in [2.45, 2.75) is 38.9 Å². The molecular weight excluding hydrogens is 212 g/mol. The monoisotopic (exact) mass is 230 g/mol. The maximum absolute atomic E-state index is 11.0. The molecule has 0 aliphatic rings. The molecule has 0 aromatic heterocycles. The largest absolute Gasteiger partial charge is 0.461 e. The predicted octanol–water partition coefficient (Wildman–Crippen LogP) is 1.16. The lowest BCUT2D eigenvalue weighted by atomic mass is 10.2. The van der Waals surface area contributed by atoms with Gasteiger partial charge in [-0.25, -0.2) is 9.59 Å². The highest BCUT2D eigenvalue weighted by atomic mass is 16.7. The van der Waals surface area contributed by atoms with Gasteiger partial charge < -0.3 is 14.6 Å². The number of hydrogen-bond donors (Lipinski definition) is 1. The van der Waals surface area contributed by atoms with Crippen LogP contribution in [0.15, 0.2) is 12.7 Å². The summed E-state index contributed by atoms with van der Waals surface area (Å²) < 4.78 is 8.96. The zero-order valence-electron chi connectivity index (χ0n) is 9.48. The third-order valence-electron chi connectivity index (χ3n) is 1.84. The summed E-state index contributed by atoms with van der Waals surface area (Å²) in [6.07, 6.45) is 2.86. The van der Waals surface area contributed by atoms with Crippen molar-refractivity contribution in [2.75, 3.05) is 6.61 Å². The molecule has 1 N–H and O–H groups in total. The minimum Gasteiger partial charge on any atom is -0.461 e. The Balaban J connectivity index is 3.63. The van der Waals surface area contributed by atoms with Crippen LogP contribution in [0.1, 0.15) is 32.6 Å². The number of carbonyl (C=O) groups is 2. The Kier molecular flexibility index (Phi) is 8.15. The number of esters is 2. The lowest BCUT2D eigenvalue weighted by Gasteiger charge is -2.10. The zero-order chi connectivity index (χ0) is 12.4. The standard InChI is InChI=1S/C11H18O5/c1-3-5-6-7-8-15-10(13)11(14)16-9(12)4-2/h4,11,14H,2-3,5-8H2,1H3. The van der Waals surface area contributed by atoms with Crippen LogP contribution in [0.2, 0.25) is 0 Å². The van der Waals surface area contributed by atoms with Crippen LogP contribution in [0, 0.1) is 0 Å². The summed E-state index contributed by atoms with van der Waals surface area (Å²) in [5.74, 6) is -1.82. The molecule has 92 valence electrons. The molecule has 0 rings (SSSR count). The minimum atomic E-state index is -1.86. The number of aliphatic hydroxyl groups excluding tert-OH is 1. The number of ether oxygens (including phenoxy) is 2. The summed E-state index contributed by atoms with van der Waals surface area (Å²) in [7, 11) is 0. The molecule has 5 heteroatoms. The van der Waals surface area contributed by atoms with E-state index >= 15 is 0 Å². The van der Waals surface area contributed by atoms with E-state index in [1.165, 1.54) is 0 Å². The Hall–Kier alpha value is -1.36. The normalized spacial score (nSPS) is 11.6. The van der Waals surface area contributed by atoms with Gasteiger partial charge in [-0.15, -0.1) is 0 Å². The van der Waals surface area contributed by atoms with Gasteiger partial charge in [-0.3, -0.25) is 0 Å². The van der Waals surface area contributed by atoms with E-state index in [2.05, 4.69) is 18.2 Å². The molecule has 0 spiro atoms. The molecule has 0 heterocycles. The molecule has 0 fully saturated rings. The summed E-state index contributed by atoms with van der Waals surface area (Å²) in [4.78, 5) is 21.7. The van der Waals surface area contributed by atoms with Gasteiger partial charge in [-0.2, -0.15) is 0 Å². The van der Waals surface area contributed by atoms with Crippen molar-refractivity contribution in [1.29, 1.82) is 0 Å². The second kappa shape index (κ2) is 8.91. The van der Waals surface area contributed by atoms with Gasteiger partial charge in [0.1, 0.15) is 0 Å². The first-order chi connectivity index (χ1) is 7.61. The van der Waals surface area contributed by atoms with E-state index in [0.717, 1.165) is 31.8 Å². The lowest BCUT2D eigenvalue weighted by molar-refractivity contribution is -0.188. The molecule has 0 aliphatic carbocycles.